The minimum Gasteiger partial charge on any atom is -0.541 e. The lowest BCUT2D eigenvalue weighted by molar-refractivity contribution is -0.177. The van der Waals surface area contributed by atoms with Gasteiger partial charge in [0.25, 0.3) is 8.32 Å². The van der Waals surface area contributed by atoms with Crippen molar-refractivity contribution >= 4 is 14.1 Å². The second kappa shape index (κ2) is 5.42. The number of rotatable bonds is 2. The Morgan fingerprint density at radius 2 is 2.00 bits per heavy atom. The predicted octanol–water partition coefficient (Wildman–Crippen LogP) is 4.52. The molecule has 3 aliphatic carbocycles. The van der Waals surface area contributed by atoms with Gasteiger partial charge in [0.2, 0.25) is 0 Å². The Labute approximate surface area is 168 Å². The molecule has 1 aromatic carbocycles. The molecule has 1 aromatic rings. The number of benzene rings is 1. The first-order valence-corrected chi connectivity index (χ1v) is 13.7. The number of aliphatic hydroxyl groups is 1. The Morgan fingerprint density at radius 3 is 2.71 bits per heavy atom. The third-order valence-electron chi connectivity index (χ3n) is 8.59. The summed E-state index contributed by atoms with van der Waals surface area (Å²) in [6, 6.07) is 4.22. The molecule has 1 aliphatic heterocycles. The Morgan fingerprint density at radius 1 is 1.25 bits per heavy atom. The van der Waals surface area contributed by atoms with Crippen LogP contribution >= 0.6 is 0 Å². The van der Waals surface area contributed by atoms with Crippen molar-refractivity contribution in [2.45, 2.75) is 94.5 Å². The van der Waals surface area contributed by atoms with Crippen LogP contribution in [0.25, 0.3) is 0 Å². The maximum Gasteiger partial charge on any atom is 0.250 e. The summed E-state index contributed by atoms with van der Waals surface area (Å²) >= 11 is 0. The van der Waals surface area contributed by atoms with Gasteiger partial charge in [-0.05, 0) is 61.4 Å². The first-order valence-electron chi connectivity index (χ1n) is 10.8. The summed E-state index contributed by atoms with van der Waals surface area (Å²) in [5, 5.41) is 12.0. The predicted molar refractivity (Wildman–Crippen MR) is 111 cm³/mol. The molecule has 4 nitrogen and oxygen atoms in total. The van der Waals surface area contributed by atoms with Crippen LogP contribution in [0.2, 0.25) is 18.1 Å². The number of Topliss-reactive ketones (excluding diaryl/α,β-unsaturated/α-hetero) is 1. The maximum absolute atomic E-state index is 12.9. The van der Waals surface area contributed by atoms with Crippen molar-refractivity contribution in [3.8, 4) is 11.5 Å². The molecule has 0 saturated heterocycles. The van der Waals surface area contributed by atoms with E-state index < -0.39 is 25.4 Å². The maximum atomic E-state index is 12.9. The van der Waals surface area contributed by atoms with Crippen molar-refractivity contribution < 1.29 is 19.1 Å². The molecule has 2 saturated carbocycles. The number of ketones is 1. The zero-order valence-corrected chi connectivity index (χ0v) is 18.7. The highest BCUT2D eigenvalue weighted by atomic mass is 28.4. The molecule has 1 N–H and O–H groups in total. The fourth-order valence-electron chi connectivity index (χ4n) is 6.13. The molecule has 0 radical (unpaired) electrons. The van der Waals surface area contributed by atoms with Crippen molar-refractivity contribution in [3.05, 3.63) is 23.3 Å². The molecular formula is C23H32O4Si. The average Bonchev–Trinajstić information content (AvgIpc) is 2.93. The fourth-order valence-corrected chi connectivity index (χ4v) is 7.15. The van der Waals surface area contributed by atoms with E-state index in [4.69, 9.17) is 9.16 Å². The van der Waals surface area contributed by atoms with Gasteiger partial charge >= 0.3 is 0 Å². The lowest BCUT2D eigenvalue weighted by atomic mass is 9.46. The molecule has 4 aliphatic rings. The summed E-state index contributed by atoms with van der Waals surface area (Å²) in [6.07, 6.45) is 4.24. The summed E-state index contributed by atoms with van der Waals surface area (Å²) in [5.74, 6) is 1.90. The van der Waals surface area contributed by atoms with Crippen LogP contribution in [0.1, 0.15) is 64.0 Å². The molecule has 5 rings (SSSR count). The number of hydrogen-bond acceptors (Lipinski definition) is 4. The van der Waals surface area contributed by atoms with E-state index in [0.717, 1.165) is 42.7 Å². The summed E-state index contributed by atoms with van der Waals surface area (Å²) in [7, 11) is -2.05. The molecule has 0 aromatic heterocycles. The molecule has 5 heteroatoms. The van der Waals surface area contributed by atoms with E-state index in [1.165, 1.54) is 5.56 Å². The van der Waals surface area contributed by atoms with Crippen molar-refractivity contribution in [1.29, 1.82) is 0 Å². The minimum absolute atomic E-state index is 0.0752. The fraction of sp³-hybridized carbons (Fsp3) is 0.696. The van der Waals surface area contributed by atoms with Gasteiger partial charge in [-0.15, -0.1) is 0 Å². The molecule has 2 fully saturated rings. The standard InChI is InChI=1S/C23H32O4Si/c1-21(2,3)28(4,5)27-17-9-8-14-13-15-7-6-11-22-18(14)19(17)26-20(22)16(24)10-12-23(15,22)25/h8-9,15,20,25H,6-7,10-13H2,1-5H3/t15-,20+,22+,23-/m1/s1. The van der Waals surface area contributed by atoms with Crippen LogP contribution < -0.4 is 9.16 Å². The second-order valence-electron chi connectivity index (χ2n) is 10.9. The van der Waals surface area contributed by atoms with Crippen molar-refractivity contribution in [1.82, 2.24) is 0 Å². The lowest BCUT2D eigenvalue weighted by Crippen LogP contribution is -2.69. The first-order chi connectivity index (χ1) is 13.0. The van der Waals surface area contributed by atoms with Crippen molar-refractivity contribution in [3.63, 3.8) is 0 Å². The largest absolute Gasteiger partial charge is 0.541 e. The molecule has 1 heterocycles. The van der Waals surface area contributed by atoms with Gasteiger partial charge in [0.1, 0.15) is 5.75 Å². The van der Waals surface area contributed by atoms with Crippen LogP contribution in [-0.4, -0.2) is 30.9 Å². The van der Waals surface area contributed by atoms with Gasteiger partial charge in [0.15, 0.2) is 17.6 Å². The van der Waals surface area contributed by atoms with Crippen LogP contribution in [0.15, 0.2) is 12.1 Å². The smallest absolute Gasteiger partial charge is 0.250 e. The molecular weight excluding hydrogens is 368 g/mol. The molecule has 0 amide bonds. The first kappa shape index (κ1) is 18.7. The Hall–Kier alpha value is -1.33. The van der Waals surface area contributed by atoms with Gasteiger partial charge in [-0.25, -0.2) is 0 Å². The highest BCUT2D eigenvalue weighted by Crippen LogP contribution is 2.67. The van der Waals surface area contributed by atoms with Crippen LogP contribution in [0.5, 0.6) is 11.5 Å². The molecule has 1 spiro atoms. The van der Waals surface area contributed by atoms with E-state index in [2.05, 4.69) is 39.9 Å². The van der Waals surface area contributed by atoms with Gasteiger partial charge in [0, 0.05) is 12.0 Å². The topological polar surface area (TPSA) is 55.8 Å². The monoisotopic (exact) mass is 400 g/mol. The van der Waals surface area contributed by atoms with Crippen LogP contribution in [-0.2, 0) is 16.6 Å². The van der Waals surface area contributed by atoms with E-state index >= 15 is 0 Å². The van der Waals surface area contributed by atoms with Gasteiger partial charge in [-0.2, -0.15) is 0 Å². The molecule has 0 unspecified atom stereocenters. The number of carbonyl (C=O) groups is 1. The van der Waals surface area contributed by atoms with E-state index in [9.17, 15) is 9.90 Å². The normalized spacial score (nSPS) is 36.0. The average molecular weight is 401 g/mol. The number of hydrogen-bond donors (Lipinski definition) is 1. The molecule has 28 heavy (non-hydrogen) atoms. The van der Waals surface area contributed by atoms with Crippen LogP contribution in [0.3, 0.4) is 0 Å². The number of carbonyl (C=O) groups excluding carboxylic acids is 1. The zero-order valence-electron chi connectivity index (χ0n) is 17.7. The van der Waals surface area contributed by atoms with E-state index in [0.29, 0.717) is 12.8 Å². The summed E-state index contributed by atoms with van der Waals surface area (Å²) < 4.78 is 13.1. The zero-order chi connectivity index (χ0) is 20.1. The minimum atomic E-state index is -2.05. The summed E-state index contributed by atoms with van der Waals surface area (Å²) in [6.45, 7) is 11.1. The van der Waals surface area contributed by atoms with Crippen molar-refractivity contribution in [2.24, 2.45) is 5.92 Å². The van der Waals surface area contributed by atoms with Crippen LogP contribution in [0, 0.1) is 5.92 Å². The van der Waals surface area contributed by atoms with E-state index in [1.807, 2.05) is 6.07 Å². The summed E-state index contributed by atoms with van der Waals surface area (Å²) in [5.41, 5.74) is 0.961. The van der Waals surface area contributed by atoms with Crippen LogP contribution in [0.4, 0.5) is 0 Å². The van der Waals surface area contributed by atoms with E-state index in [-0.39, 0.29) is 16.7 Å². The Balaban J connectivity index is 1.70. The van der Waals surface area contributed by atoms with Gasteiger partial charge in [0.05, 0.1) is 11.0 Å². The molecule has 4 atom stereocenters. The van der Waals surface area contributed by atoms with Gasteiger partial charge in [-0.3, -0.25) is 4.79 Å². The quantitative estimate of drug-likeness (QED) is 0.742. The van der Waals surface area contributed by atoms with Crippen molar-refractivity contribution in [2.75, 3.05) is 0 Å². The highest BCUT2D eigenvalue weighted by Gasteiger charge is 2.71. The Kier molecular flexibility index (Phi) is 3.62. The SMILES string of the molecule is CC(C)(C)[Si](C)(C)Oc1ccc2c3c1O[C@H]1C(=O)CC[C@@]4(O)[C@H](CCC[C@]314)C2. The second-order valence-corrected chi connectivity index (χ2v) is 15.7. The third-order valence-corrected chi connectivity index (χ3v) is 12.9. The lowest BCUT2D eigenvalue weighted by Gasteiger charge is -2.59. The molecule has 152 valence electrons. The van der Waals surface area contributed by atoms with Gasteiger partial charge < -0.3 is 14.3 Å². The molecule has 2 bridgehead atoms. The van der Waals surface area contributed by atoms with E-state index in [1.54, 1.807) is 0 Å². The van der Waals surface area contributed by atoms with Gasteiger partial charge in [-0.1, -0.05) is 33.3 Å². The Bertz CT molecular complexity index is 870. The third kappa shape index (κ3) is 2.07. The number of ether oxygens (including phenoxy) is 1. The highest BCUT2D eigenvalue weighted by molar-refractivity contribution is 6.74. The summed E-state index contributed by atoms with van der Waals surface area (Å²) in [4.78, 5) is 12.9.